The molecule has 7 nitrogen and oxygen atoms in total. The van der Waals surface area contributed by atoms with Crippen LogP contribution in [0.4, 0.5) is 16.3 Å². The number of para-hydroxylation sites is 1. The quantitative estimate of drug-likeness (QED) is 0.632. The molecule has 2 heterocycles. The van der Waals surface area contributed by atoms with Crippen molar-refractivity contribution in [1.82, 2.24) is 14.9 Å². The normalized spacial score (nSPS) is 13.7. The van der Waals surface area contributed by atoms with Crippen molar-refractivity contribution in [2.75, 3.05) is 43.5 Å². The van der Waals surface area contributed by atoms with Gasteiger partial charge in [-0.1, -0.05) is 30.3 Å². The molecule has 0 saturated carbocycles. The van der Waals surface area contributed by atoms with Gasteiger partial charge in [0.1, 0.15) is 17.4 Å². The Morgan fingerprint density at radius 1 is 0.970 bits per heavy atom. The number of aryl methyl sites for hydroxylation is 3. The van der Waals surface area contributed by atoms with Gasteiger partial charge < -0.3 is 19.9 Å². The van der Waals surface area contributed by atoms with Crippen LogP contribution < -0.4 is 15.0 Å². The number of amides is 2. The van der Waals surface area contributed by atoms with Crippen LogP contribution in [0, 0.1) is 20.8 Å². The second kappa shape index (κ2) is 9.90. The summed E-state index contributed by atoms with van der Waals surface area (Å²) in [7, 11) is 1.67. The molecule has 1 N–H and O–H groups in total. The van der Waals surface area contributed by atoms with Gasteiger partial charge >= 0.3 is 6.03 Å². The van der Waals surface area contributed by atoms with E-state index in [-0.39, 0.29) is 6.03 Å². The van der Waals surface area contributed by atoms with Crippen molar-refractivity contribution in [3.8, 4) is 5.75 Å². The first kappa shape index (κ1) is 22.6. The number of urea groups is 1. The van der Waals surface area contributed by atoms with E-state index in [1.165, 1.54) is 5.56 Å². The van der Waals surface area contributed by atoms with Crippen LogP contribution in [-0.4, -0.2) is 54.2 Å². The topological polar surface area (TPSA) is 70.6 Å². The van der Waals surface area contributed by atoms with E-state index in [1.807, 2.05) is 62.1 Å². The number of anilines is 2. The fourth-order valence-corrected chi connectivity index (χ4v) is 4.16. The first-order valence-corrected chi connectivity index (χ1v) is 11.3. The number of piperazine rings is 1. The lowest BCUT2D eigenvalue weighted by Gasteiger charge is -2.36. The highest BCUT2D eigenvalue weighted by atomic mass is 16.5. The standard InChI is InChI=1S/C26H31N5O2/c1-18-7-5-6-8-24(18)29-26(32)31-15-13-30(14-16-31)25-23(19(2)27-20(3)28-25)17-21-9-11-22(33-4)12-10-21/h5-12H,13-17H2,1-4H3,(H,29,32). The van der Waals surface area contributed by atoms with Crippen LogP contribution in [0.2, 0.25) is 0 Å². The Balaban J connectivity index is 1.47. The number of methoxy groups -OCH3 is 1. The lowest BCUT2D eigenvalue weighted by Crippen LogP contribution is -2.50. The molecule has 0 radical (unpaired) electrons. The largest absolute Gasteiger partial charge is 0.497 e. The van der Waals surface area contributed by atoms with Gasteiger partial charge in [-0.3, -0.25) is 0 Å². The average molecular weight is 446 g/mol. The molecule has 0 bridgehead atoms. The summed E-state index contributed by atoms with van der Waals surface area (Å²) in [4.78, 5) is 26.4. The van der Waals surface area contributed by atoms with E-state index in [4.69, 9.17) is 9.72 Å². The molecule has 2 amide bonds. The SMILES string of the molecule is COc1ccc(Cc2c(C)nc(C)nc2N2CCN(C(=O)Nc3ccccc3C)CC2)cc1. The number of hydrogen-bond donors (Lipinski definition) is 1. The third-order valence-corrected chi connectivity index (χ3v) is 6.10. The number of aromatic nitrogens is 2. The van der Waals surface area contributed by atoms with E-state index in [2.05, 4.69) is 27.3 Å². The van der Waals surface area contributed by atoms with Gasteiger partial charge in [-0.15, -0.1) is 0 Å². The Bertz CT molecular complexity index is 1120. The molecular formula is C26H31N5O2. The predicted octanol–water partition coefficient (Wildman–Crippen LogP) is 4.36. The zero-order chi connectivity index (χ0) is 23.4. The third kappa shape index (κ3) is 5.25. The summed E-state index contributed by atoms with van der Waals surface area (Å²) in [5.41, 5.74) is 5.22. The Kier molecular flexibility index (Phi) is 6.77. The molecule has 33 heavy (non-hydrogen) atoms. The molecule has 0 unspecified atom stereocenters. The Labute approximate surface area is 195 Å². The van der Waals surface area contributed by atoms with Crippen LogP contribution in [0.5, 0.6) is 5.75 Å². The maximum Gasteiger partial charge on any atom is 0.321 e. The van der Waals surface area contributed by atoms with E-state index in [9.17, 15) is 4.79 Å². The number of rotatable bonds is 5. The van der Waals surface area contributed by atoms with Crippen LogP contribution in [0.1, 0.15) is 28.2 Å². The number of ether oxygens (including phenoxy) is 1. The maximum atomic E-state index is 12.8. The van der Waals surface area contributed by atoms with Crippen LogP contribution in [0.25, 0.3) is 0 Å². The number of carbonyl (C=O) groups is 1. The van der Waals surface area contributed by atoms with Gasteiger partial charge in [0.15, 0.2) is 0 Å². The molecule has 7 heteroatoms. The van der Waals surface area contributed by atoms with E-state index >= 15 is 0 Å². The predicted molar refractivity (Wildman–Crippen MR) is 131 cm³/mol. The fourth-order valence-electron chi connectivity index (χ4n) is 4.16. The van der Waals surface area contributed by atoms with Crippen molar-refractivity contribution in [3.63, 3.8) is 0 Å². The second-order valence-electron chi connectivity index (χ2n) is 8.40. The first-order valence-electron chi connectivity index (χ1n) is 11.3. The summed E-state index contributed by atoms with van der Waals surface area (Å²) in [5, 5.41) is 3.04. The van der Waals surface area contributed by atoms with Crippen LogP contribution >= 0.6 is 0 Å². The molecule has 0 spiro atoms. The molecule has 3 aromatic rings. The van der Waals surface area contributed by atoms with E-state index in [0.29, 0.717) is 13.1 Å². The minimum atomic E-state index is -0.0579. The Morgan fingerprint density at radius 3 is 2.33 bits per heavy atom. The van der Waals surface area contributed by atoms with Crippen LogP contribution in [0.15, 0.2) is 48.5 Å². The lowest BCUT2D eigenvalue weighted by molar-refractivity contribution is 0.208. The minimum Gasteiger partial charge on any atom is -0.497 e. The number of nitrogens with one attached hydrogen (secondary N) is 1. The molecule has 0 aliphatic carbocycles. The van der Waals surface area contributed by atoms with Crippen LogP contribution in [0.3, 0.4) is 0 Å². The molecule has 4 rings (SSSR count). The Morgan fingerprint density at radius 2 is 1.67 bits per heavy atom. The highest BCUT2D eigenvalue weighted by molar-refractivity contribution is 5.90. The summed E-state index contributed by atoms with van der Waals surface area (Å²) in [6.45, 7) is 8.71. The van der Waals surface area contributed by atoms with Gasteiger partial charge in [0.05, 0.1) is 7.11 Å². The molecule has 1 aliphatic heterocycles. The van der Waals surface area contributed by atoms with Crippen molar-refractivity contribution in [2.24, 2.45) is 0 Å². The number of hydrogen-bond acceptors (Lipinski definition) is 5. The fraction of sp³-hybridized carbons (Fsp3) is 0.346. The summed E-state index contributed by atoms with van der Waals surface area (Å²) >= 11 is 0. The smallest absolute Gasteiger partial charge is 0.321 e. The molecule has 0 atom stereocenters. The summed E-state index contributed by atoms with van der Waals surface area (Å²) < 4.78 is 5.28. The van der Waals surface area contributed by atoms with E-state index in [0.717, 1.165) is 59.4 Å². The molecule has 2 aromatic carbocycles. The summed E-state index contributed by atoms with van der Waals surface area (Å²) in [5.74, 6) is 2.58. The zero-order valence-corrected chi connectivity index (χ0v) is 19.8. The molecule has 1 fully saturated rings. The van der Waals surface area contributed by atoms with Crippen molar-refractivity contribution in [2.45, 2.75) is 27.2 Å². The summed E-state index contributed by atoms with van der Waals surface area (Å²) in [6.07, 6.45) is 0.749. The molecular weight excluding hydrogens is 414 g/mol. The van der Waals surface area contributed by atoms with Gasteiger partial charge in [-0.2, -0.15) is 0 Å². The lowest BCUT2D eigenvalue weighted by atomic mass is 10.0. The highest BCUT2D eigenvalue weighted by Crippen LogP contribution is 2.26. The first-order chi connectivity index (χ1) is 15.9. The summed E-state index contributed by atoms with van der Waals surface area (Å²) in [6, 6.07) is 15.9. The van der Waals surface area contributed by atoms with Crippen molar-refractivity contribution in [3.05, 3.63) is 76.7 Å². The van der Waals surface area contributed by atoms with Crippen molar-refractivity contribution >= 4 is 17.5 Å². The van der Waals surface area contributed by atoms with Crippen molar-refractivity contribution in [1.29, 1.82) is 0 Å². The molecule has 1 aliphatic rings. The minimum absolute atomic E-state index is 0.0579. The van der Waals surface area contributed by atoms with Crippen LogP contribution in [-0.2, 0) is 6.42 Å². The maximum absolute atomic E-state index is 12.8. The monoisotopic (exact) mass is 445 g/mol. The van der Waals surface area contributed by atoms with E-state index < -0.39 is 0 Å². The third-order valence-electron chi connectivity index (χ3n) is 6.10. The zero-order valence-electron chi connectivity index (χ0n) is 19.8. The van der Waals surface area contributed by atoms with Gasteiger partial charge in [0.25, 0.3) is 0 Å². The van der Waals surface area contributed by atoms with Gasteiger partial charge in [-0.25, -0.2) is 14.8 Å². The average Bonchev–Trinajstić information content (AvgIpc) is 2.82. The number of benzene rings is 2. The van der Waals surface area contributed by atoms with Crippen molar-refractivity contribution < 1.29 is 9.53 Å². The van der Waals surface area contributed by atoms with Gasteiger partial charge in [0.2, 0.25) is 0 Å². The molecule has 1 saturated heterocycles. The number of carbonyl (C=O) groups excluding carboxylic acids is 1. The Hall–Kier alpha value is -3.61. The van der Waals surface area contributed by atoms with E-state index in [1.54, 1.807) is 7.11 Å². The molecule has 172 valence electrons. The number of nitrogens with zero attached hydrogens (tertiary/aromatic N) is 4. The molecule has 1 aromatic heterocycles. The van der Waals surface area contributed by atoms with Gasteiger partial charge in [-0.05, 0) is 50.1 Å². The highest BCUT2D eigenvalue weighted by Gasteiger charge is 2.25. The second-order valence-corrected chi connectivity index (χ2v) is 8.40. The van der Waals surface area contributed by atoms with Gasteiger partial charge in [0, 0.05) is 49.5 Å².